The molecular weight excluding hydrogens is 174 g/mol. The van der Waals surface area contributed by atoms with Crippen molar-refractivity contribution in [1.29, 1.82) is 0 Å². The summed E-state index contributed by atoms with van der Waals surface area (Å²) >= 11 is 0. The van der Waals surface area contributed by atoms with Gasteiger partial charge in [-0.2, -0.15) is 0 Å². The minimum atomic E-state index is -0.542. The molecule has 1 rings (SSSR count). The number of nitrogens with one attached hydrogen (secondary N) is 1. The van der Waals surface area contributed by atoms with Crippen LogP contribution in [0.3, 0.4) is 0 Å². The first-order valence-corrected chi connectivity index (χ1v) is 3.54. The van der Waals surface area contributed by atoms with Gasteiger partial charge in [0, 0.05) is 6.08 Å². The van der Waals surface area contributed by atoms with Crippen molar-refractivity contribution in [2.45, 2.75) is 0 Å². The molecule has 0 saturated carbocycles. The molecule has 0 atom stereocenters. The number of amides is 1. The molecule has 0 bridgehead atoms. The Balaban J connectivity index is 2.83. The van der Waals surface area contributed by atoms with Crippen molar-refractivity contribution in [3.05, 3.63) is 23.6 Å². The van der Waals surface area contributed by atoms with Crippen molar-refractivity contribution in [2.75, 3.05) is 14.2 Å². The standard InChI is InChI=1S/C8H9NO4/c1-12-6-4-7(10)9-5(6)3-8(11)13-2/h3-4H,1-2H3,(H,9,10)/b5-3-. The van der Waals surface area contributed by atoms with Gasteiger partial charge in [-0.05, 0) is 0 Å². The number of carbonyl (C=O) groups excluding carboxylic acids is 2. The maximum Gasteiger partial charge on any atom is 0.332 e. The van der Waals surface area contributed by atoms with E-state index in [4.69, 9.17) is 4.74 Å². The van der Waals surface area contributed by atoms with Crippen LogP contribution in [0.5, 0.6) is 0 Å². The predicted molar refractivity (Wildman–Crippen MR) is 43.3 cm³/mol. The van der Waals surface area contributed by atoms with Crippen molar-refractivity contribution in [3.63, 3.8) is 0 Å². The number of carbonyl (C=O) groups is 2. The smallest absolute Gasteiger partial charge is 0.332 e. The van der Waals surface area contributed by atoms with E-state index in [1.54, 1.807) is 0 Å². The van der Waals surface area contributed by atoms with E-state index < -0.39 is 5.97 Å². The lowest BCUT2D eigenvalue weighted by Crippen LogP contribution is -2.15. The largest absolute Gasteiger partial charge is 0.494 e. The first-order chi connectivity index (χ1) is 6.17. The third kappa shape index (κ3) is 2.08. The van der Waals surface area contributed by atoms with Crippen LogP contribution in [0.1, 0.15) is 0 Å². The monoisotopic (exact) mass is 183 g/mol. The van der Waals surface area contributed by atoms with Crippen molar-refractivity contribution in [1.82, 2.24) is 5.32 Å². The lowest BCUT2D eigenvalue weighted by Gasteiger charge is -2.02. The highest BCUT2D eigenvalue weighted by molar-refractivity contribution is 5.96. The van der Waals surface area contributed by atoms with Crippen LogP contribution in [0.15, 0.2) is 23.6 Å². The number of hydrogen-bond acceptors (Lipinski definition) is 4. The van der Waals surface area contributed by atoms with Gasteiger partial charge in [0.05, 0.1) is 26.0 Å². The summed E-state index contributed by atoms with van der Waals surface area (Å²) in [6.45, 7) is 0. The Morgan fingerprint density at radius 3 is 2.77 bits per heavy atom. The Labute approximate surface area is 75.0 Å². The van der Waals surface area contributed by atoms with Crippen LogP contribution in [0.4, 0.5) is 0 Å². The highest BCUT2D eigenvalue weighted by Crippen LogP contribution is 2.13. The topological polar surface area (TPSA) is 64.6 Å². The van der Waals surface area contributed by atoms with E-state index in [1.165, 1.54) is 20.3 Å². The van der Waals surface area contributed by atoms with Gasteiger partial charge in [0.1, 0.15) is 5.76 Å². The molecular formula is C8H9NO4. The average molecular weight is 183 g/mol. The van der Waals surface area contributed by atoms with Crippen LogP contribution in [-0.2, 0) is 19.1 Å². The van der Waals surface area contributed by atoms with E-state index in [0.717, 1.165) is 6.08 Å². The van der Waals surface area contributed by atoms with Crippen molar-refractivity contribution in [2.24, 2.45) is 0 Å². The molecule has 70 valence electrons. The molecule has 5 nitrogen and oxygen atoms in total. The molecule has 0 fully saturated rings. The molecule has 0 aromatic carbocycles. The summed E-state index contributed by atoms with van der Waals surface area (Å²) in [4.78, 5) is 21.6. The van der Waals surface area contributed by atoms with Crippen LogP contribution >= 0.6 is 0 Å². The Bertz CT molecular complexity index is 303. The minimum absolute atomic E-state index is 0.313. The Morgan fingerprint density at radius 1 is 1.54 bits per heavy atom. The number of ether oxygens (including phenoxy) is 2. The molecule has 0 radical (unpaired) electrons. The molecule has 0 unspecified atom stereocenters. The second-order valence-electron chi connectivity index (χ2n) is 2.28. The van der Waals surface area contributed by atoms with Gasteiger partial charge in [0.2, 0.25) is 0 Å². The number of rotatable bonds is 2. The summed E-state index contributed by atoms with van der Waals surface area (Å²) < 4.78 is 9.23. The van der Waals surface area contributed by atoms with Crippen molar-refractivity contribution >= 4 is 11.9 Å². The zero-order valence-electron chi connectivity index (χ0n) is 7.29. The molecule has 1 aliphatic heterocycles. The highest BCUT2D eigenvalue weighted by Gasteiger charge is 2.18. The molecule has 1 amide bonds. The summed E-state index contributed by atoms with van der Waals surface area (Å²) in [5, 5.41) is 2.42. The molecule has 0 aliphatic carbocycles. The Morgan fingerprint density at radius 2 is 2.23 bits per heavy atom. The predicted octanol–water partition coefficient (Wildman–Crippen LogP) is -0.297. The highest BCUT2D eigenvalue weighted by atomic mass is 16.5. The van der Waals surface area contributed by atoms with Crippen LogP contribution in [0.25, 0.3) is 0 Å². The first kappa shape index (κ1) is 9.31. The average Bonchev–Trinajstić information content (AvgIpc) is 2.46. The molecule has 0 spiro atoms. The molecule has 1 aliphatic rings. The van der Waals surface area contributed by atoms with Crippen LogP contribution in [-0.4, -0.2) is 26.1 Å². The lowest BCUT2D eigenvalue weighted by atomic mass is 10.3. The second-order valence-corrected chi connectivity index (χ2v) is 2.28. The van der Waals surface area contributed by atoms with Crippen molar-refractivity contribution < 1.29 is 19.1 Å². The third-order valence-corrected chi connectivity index (χ3v) is 1.47. The number of esters is 1. The van der Waals surface area contributed by atoms with E-state index in [2.05, 4.69) is 10.1 Å². The van der Waals surface area contributed by atoms with Gasteiger partial charge >= 0.3 is 5.97 Å². The maximum absolute atomic E-state index is 10.8. The minimum Gasteiger partial charge on any atom is -0.494 e. The fourth-order valence-corrected chi connectivity index (χ4v) is 0.880. The van der Waals surface area contributed by atoms with E-state index in [-0.39, 0.29) is 5.91 Å². The first-order valence-electron chi connectivity index (χ1n) is 3.54. The SMILES string of the molecule is COC(=O)/C=C1\NC(=O)C=C1OC. The summed E-state index contributed by atoms with van der Waals surface area (Å²) in [6.07, 6.45) is 2.41. The summed E-state index contributed by atoms with van der Waals surface area (Å²) in [6, 6.07) is 0. The number of methoxy groups -OCH3 is 2. The molecule has 13 heavy (non-hydrogen) atoms. The van der Waals surface area contributed by atoms with E-state index >= 15 is 0 Å². The Kier molecular flexibility index (Phi) is 2.69. The molecule has 1 heterocycles. The fraction of sp³-hybridized carbons (Fsp3) is 0.250. The van der Waals surface area contributed by atoms with Gasteiger partial charge in [-0.15, -0.1) is 0 Å². The van der Waals surface area contributed by atoms with Gasteiger partial charge in [-0.25, -0.2) is 4.79 Å². The summed E-state index contributed by atoms with van der Waals surface area (Å²) in [5.74, 6) is -0.525. The Hall–Kier alpha value is -1.78. The molecule has 0 aromatic heterocycles. The van der Waals surface area contributed by atoms with Crippen LogP contribution < -0.4 is 5.32 Å². The summed E-state index contributed by atoms with van der Waals surface area (Å²) in [7, 11) is 2.67. The molecule has 5 heteroatoms. The number of hydrogen-bond donors (Lipinski definition) is 1. The third-order valence-electron chi connectivity index (χ3n) is 1.47. The van der Waals surface area contributed by atoms with E-state index in [9.17, 15) is 9.59 Å². The van der Waals surface area contributed by atoms with Crippen LogP contribution in [0, 0.1) is 0 Å². The molecule has 0 aromatic rings. The van der Waals surface area contributed by atoms with E-state index in [0.29, 0.717) is 11.5 Å². The van der Waals surface area contributed by atoms with Gasteiger partial charge in [-0.1, -0.05) is 0 Å². The lowest BCUT2D eigenvalue weighted by molar-refractivity contribution is -0.134. The van der Waals surface area contributed by atoms with Gasteiger partial charge in [0.25, 0.3) is 5.91 Å². The van der Waals surface area contributed by atoms with Crippen LogP contribution in [0.2, 0.25) is 0 Å². The quantitative estimate of drug-likeness (QED) is 0.471. The van der Waals surface area contributed by atoms with E-state index in [1.807, 2.05) is 0 Å². The van der Waals surface area contributed by atoms with Gasteiger partial charge in [-0.3, -0.25) is 4.79 Å². The second kappa shape index (κ2) is 3.75. The molecule has 0 saturated heterocycles. The van der Waals surface area contributed by atoms with Crippen molar-refractivity contribution in [3.8, 4) is 0 Å². The maximum atomic E-state index is 10.8. The fourth-order valence-electron chi connectivity index (χ4n) is 0.880. The summed E-state index contributed by atoms with van der Waals surface area (Å²) in [5.41, 5.74) is 0.319. The normalized spacial score (nSPS) is 18.2. The zero-order valence-corrected chi connectivity index (χ0v) is 7.29. The van der Waals surface area contributed by atoms with Gasteiger partial charge < -0.3 is 14.8 Å². The van der Waals surface area contributed by atoms with Gasteiger partial charge in [0.15, 0.2) is 0 Å². The molecule has 1 N–H and O–H groups in total. The zero-order chi connectivity index (χ0) is 9.84.